The van der Waals surface area contributed by atoms with Crippen LogP contribution in [0.1, 0.15) is 35.4 Å². The summed E-state index contributed by atoms with van der Waals surface area (Å²) >= 11 is 0. The van der Waals surface area contributed by atoms with Crippen molar-refractivity contribution < 1.29 is 9.59 Å². The molecule has 1 aromatic carbocycles. The number of imidazole rings is 1. The van der Waals surface area contributed by atoms with E-state index in [1.54, 1.807) is 0 Å². The Kier molecular flexibility index (Phi) is 2.98. The van der Waals surface area contributed by atoms with Crippen LogP contribution >= 0.6 is 0 Å². The van der Waals surface area contributed by atoms with Crippen LogP contribution < -0.4 is 10.6 Å². The van der Waals surface area contributed by atoms with Gasteiger partial charge in [-0.3, -0.25) is 9.59 Å². The normalized spacial score (nSPS) is 25.8. The van der Waals surface area contributed by atoms with Crippen LogP contribution in [0.5, 0.6) is 0 Å². The zero-order valence-corrected chi connectivity index (χ0v) is 13.3. The molecule has 2 fully saturated rings. The zero-order valence-electron chi connectivity index (χ0n) is 13.3. The van der Waals surface area contributed by atoms with Crippen molar-refractivity contribution in [3.63, 3.8) is 0 Å². The van der Waals surface area contributed by atoms with Gasteiger partial charge >= 0.3 is 0 Å². The first kappa shape index (κ1) is 14.2. The topological polar surface area (TPSA) is 76.0 Å². The predicted molar refractivity (Wildman–Crippen MR) is 86.0 cm³/mol. The van der Waals surface area contributed by atoms with Crippen LogP contribution in [0.25, 0.3) is 11.0 Å². The number of carbonyl (C=O) groups excluding carboxylic acids is 2. The van der Waals surface area contributed by atoms with E-state index in [1.165, 1.54) is 0 Å². The van der Waals surface area contributed by atoms with E-state index in [-0.39, 0.29) is 23.3 Å². The van der Waals surface area contributed by atoms with E-state index in [2.05, 4.69) is 15.6 Å². The smallest absolute Gasteiger partial charge is 0.251 e. The van der Waals surface area contributed by atoms with Gasteiger partial charge in [-0.25, -0.2) is 4.98 Å². The number of hydrogen-bond donors (Lipinski definition) is 2. The third-order valence-electron chi connectivity index (χ3n) is 5.32. The Morgan fingerprint density at radius 1 is 1.52 bits per heavy atom. The molecule has 6 heteroatoms. The summed E-state index contributed by atoms with van der Waals surface area (Å²) in [5.74, 6) is 1.08. The van der Waals surface area contributed by atoms with E-state index in [1.807, 2.05) is 36.7 Å². The highest BCUT2D eigenvalue weighted by atomic mass is 16.2. The molecule has 2 bridgehead atoms. The van der Waals surface area contributed by atoms with Crippen LogP contribution in [0, 0.1) is 12.8 Å². The molecule has 1 aromatic heterocycles. The number of nitrogens with zero attached hydrogens (tertiary/aromatic N) is 2. The molecule has 2 amide bonds. The van der Waals surface area contributed by atoms with E-state index < -0.39 is 0 Å². The predicted octanol–water partition coefficient (Wildman–Crippen LogP) is 1.28. The SMILES string of the molecule is Cc1nc2cc(C(=O)NCC34CCC(C3)C(=O)N4)ccc2n1C. The number of nitrogens with one attached hydrogen (secondary N) is 2. The van der Waals surface area contributed by atoms with E-state index >= 15 is 0 Å². The van der Waals surface area contributed by atoms with Crippen LogP contribution in [-0.4, -0.2) is 33.4 Å². The summed E-state index contributed by atoms with van der Waals surface area (Å²) in [6, 6.07) is 5.56. The summed E-state index contributed by atoms with van der Waals surface area (Å²) in [6.07, 6.45) is 2.72. The Morgan fingerprint density at radius 3 is 3.04 bits per heavy atom. The van der Waals surface area contributed by atoms with E-state index in [0.717, 1.165) is 36.1 Å². The summed E-state index contributed by atoms with van der Waals surface area (Å²) in [4.78, 5) is 28.6. The molecule has 120 valence electrons. The number of aryl methyl sites for hydroxylation is 2. The van der Waals surface area contributed by atoms with Crippen molar-refractivity contribution in [2.45, 2.75) is 31.7 Å². The summed E-state index contributed by atoms with van der Waals surface area (Å²) < 4.78 is 2.00. The molecule has 2 N–H and O–H groups in total. The molecule has 2 aromatic rings. The Balaban J connectivity index is 1.50. The number of piperidine rings is 1. The van der Waals surface area contributed by atoms with Gasteiger partial charge in [0.05, 0.1) is 16.6 Å². The first-order valence-electron chi connectivity index (χ1n) is 8.01. The lowest BCUT2D eigenvalue weighted by Crippen LogP contribution is -2.51. The molecule has 23 heavy (non-hydrogen) atoms. The van der Waals surface area contributed by atoms with Crippen molar-refractivity contribution >= 4 is 22.8 Å². The molecule has 1 saturated heterocycles. The highest BCUT2D eigenvalue weighted by Crippen LogP contribution is 2.40. The van der Waals surface area contributed by atoms with Gasteiger partial charge in [-0.1, -0.05) is 0 Å². The molecule has 2 heterocycles. The van der Waals surface area contributed by atoms with Crippen LogP contribution in [0.4, 0.5) is 0 Å². The molecule has 2 aliphatic rings. The highest BCUT2D eigenvalue weighted by molar-refractivity contribution is 5.97. The second-order valence-corrected chi connectivity index (χ2v) is 6.81. The molecule has 0 spiro atoms. The summed E-state index contributed by atoms with van der Waals surface area (Å²) in [7, 11) is 1.96. The quantitative estimate of drug-likeness (QED) is 0.896. The monoisotopic (exact) mass is 312 g/mol. The van der Waals surface area contributed by atoms with Gasteiger partial charge in [-0.15, -0.1) is 0 Å². The maximum absolute atomic E-state index is 12.4. The molecule has 6 nitrogen and oxygen atoms in total. The molecule has 2 atom stereocenters. The fraction of sp³-hybridized carbons (Fsp3) is 0.471. The minimum atomic E-state index is -0.233. The number of carbonyl (C=O) groups is 2. The third-order valence-corrected chi connectivity index (χ3v) is 5.32. The average molecular weight is 312 g/mol. The summed E-state index contributed by atoms with van der Waals surface area (Å²) in [6.45, 7) is 2.44. The average Bonchev–Trinajstić information content (AvgIpc) is 3.17. The van der Waals surface area contributed by atoms with Crippen LogP contribution in [0.3, 0.4) is 0 Å². The number of rotatable bonds is 3. The van der Waals surface area contributed by atoms with Gasteiger partial charge in [0.25, 0.3) is 5.91 Å². The minimum absolute atomic E-state index is 0.116. The fourth-order valence-corrected chi connectivity index (χ4v) is 3.84. The minimum Gasteiger partial charge on any atom is -0.350 e. The van der Waals surface area contributed by atoms with E-state index in [9.17, 15) is 9.59 Å². The number of fused-ring (bicyclic) bond motifs is 3. The lowest BCUT2D eigenvalue weighted by molar-refractivity contribution is -0.124. The maximum atomic E-state index is 12.4. The fourth-order valence-electron chi connectivity index (χ4n) is 3.84. The number of aromatic nitrogens is 2. The second-order valence-electron chi connectivity index (χ2n) is 6.81. The van der Waals surface area contributed by atoms with Crippen molar-refractivity contribution in [2.75, 3.05) is 6.54 Å². The molecule has 0 radical (unpaired) electrons. The van der Waals surface area contributed by atoms with Gasteiger partial charge < -0.3 is 15.2 Å². The highest BCUT2D eigenvalue weighted by Gasteiger charge is 2.49. The lowest BCUT2D eigenvalue weighted by Gasteiger charge is -2.27. The van der Waals surface area contributed by atoms with Crippen LogP contribution in [0.2, 0.25) is 0 Å². The van der Waals surface area contributed by atoms with Gasteiger partial charge in [0.2, 0.25) is 5.91 Å². The number of benzene rings is 1. The molecular weight excluding hydrogens is 292 g/mol. The lowest BCUT2D eigenvalue weighted by atomic mass is 9.99. The van der Waals surface area contributed by atoms with Gasteiger partial charge in [-0.2, -0.15) is 0 Å². The van der Waals surface area contributed by atoms with E-state index in [0.29, 0.717) is 12.1 Å². The Bertz CT molecular complexity index is 825. The molecule has 1 aliphatic heterocycles. The molecule has 2 unspecified atom stereocenters. The second kappa shape index (κ2) is 4.81. The van der Waals surface area contributed by atoms with Crippen molar-refractivity contribution in [3.8, 4) is 0 Å². The molecule has 4 rings (SSSR count). The molecular formula is C17H20N4O2. The van der Waals surface area contributed by atoms with Crippen LogP contribution in [0.15, 0.2) is 18.2 Å². The largest absolute Gasteiger partial charge is 0.350 e. The Morgan fingerprint density at radius 2 is 2.35 bits per heavy atom. The zero-order chi connectivity index (χ0) is 16.2. The van der Waals surface area contributed by atoms with Gasteiger partial charge in [-0.05, 0) is 44.4 Å². The first-order chi connectivity index (χ1) is 11.0. The molecule has 1 aliphatic carbocycles. The standard InChI is InChI=1S/C17H20N4O2/c1-10-19-13-7-11(3-4-14(13)21(10)2)15(22)18-9-17-6-5-12(8-17)16(23)20-17/h3-4,7,12H,5-6,8-9H2,1-2H3,(H,18,22)(H,20,23). The van der Waals surface area contributed by atoms with E-state index in [4.69, 9.17) is 0 Å². The summed E-state index contributed by atoms with van der Waals surface area (Å²) in [5.41, 5.74) is 2.21. The maximum Gasteiger partial charge on any atom is 0.251 e. The summed E-state index contributed by atoms with van der Waals surface area (Å²) in [5, 5.41) is 6.02. The number of hydrogen-bond acceptors (Lipinski definition) is 3. The van der Waals surface area contributed by atoms with Crippen molar-refractivity contribution in [3.05, 3.63) is 29.6 Å². The van der Waals surface area contributed by atoms with Crippen molar-refractivity contribution in [2.24, 2.45) is 13.0 Å². The van der Waals surface area contributed by atoms with Gasteiger partial charge in [0, 0.05) is 25.1 Å². The molecule has 1 saturated carbocycles. The van der Waals surface area contributed by atoms with Crippen molar-refractivity contribution in [1.82, 2.24) is 20.2 Å². The van der Waals surface area contributed by atoms with Gasteiger partial charge in [0.15, 0.2) is 0 Å². The van der Waals surface area contributed by atoms with Gasteiger partial charge in [0.1, 0.15) is 5.82 Å². The third kappa shape index (κ3) is 2.20. The Labute approximate surface area is 134 Å². The number of amides is 2. The first-order valence-corrected chi connectivity index (χ1v) is 8.01. The van der Waals surface area contributed by atoms with Crippen molar-refractivity contribution in [1.29, 1.82) is 0 Å². The Hall–Kier alpha value is -2.37. The van der Waals surface area contributed by atoms with Crippen LogP contribution in [-0.2, 0) is 11.8 Å².